The van der Waals surface area contributed by atoms with Gasteiger partial charge in [-0.15, -0.1) is 0 Å². The van der Waals surface area contributed by atoms with Gasteiger partial charge in [0.2, 0.25) is 0 Å². The van der Waals surface area contributed by atoms with Crippen LogP contribution in [-0.4, -0.2) is 67.5 Å². The molecule has 1 fully saturated rings. The van der Waals surface area contributed by atoms with Crippen molar-refractivity contribution in [1.29, 1.82) is 0 Å². The van der Waals surface area contributed by atoms with Gasteiger partial charge in [-0.2, -0.15) is 0 Å². The third kappa shape index (κ3) is 5.47. The monoisotopic (exact) mass is 397 g/mol. The van der Waals surface area contributed by atoms with Gasteiger partial charge in [-0.25, -0.2) is 0 Å². The second-order valence-corrected chi connectivity index (χ2v) is 8.22. The Kier molecular flexibility index (Phi) is 6.64. The highest BCUT2D eigenvalue weighted by Crippen LogP contribution is 2.26. The molecule has 6 heteroatoms. The average molecular weight is 398 g/mol. The molecule has 3 N–H and O–H groups in total. The van der Waals surface area contributed by atoms with Gasteiger partial charge >= 0.3 is 0 Å². The van der Waals surface area contributed by atoms with E-state index < -0.39 is 6.10 Å². The van der Waals surface area contributed by atoms with Crippen LogP contribution in [0.25, 0.3) is 0 Å². The van der Waals surface area contributed by atoms with Gasteiger partial charge in [0.15, 0.2) is 0 Å². The van der Waals surface area contributed by atoms with Crippen molar-refractivity contribution in [3.05, 3.63) is 53.1 Å². The van der Waals surface area contributed by atoms with Gasteiger partial charge in [-0.1, -0.05) is 23.8 Å². The number of aliphatic hydroxyl groups excluding tert-OH is 1. The number of allylic oxidation sites excluding steroid dienone is 1. The van der Waals surface area contributed by atoms with E-state index in [1.165, 1.54) is 11.1 Å². The zero-order chi connectivity index (χ0) is 20.1. The molecule has 0 radical (unpaired) electrons. The van der Waals surface area contributed by atoms with Gasteiger partial charge in [-0.3, -0.25) is 9.69 Å². The summed E-state index contributed by atoms with van der Waals surface area (Å²) in [5.41, 5.74) is 4.46. The minimum Gasteiger partial charge on any atom is -0.390 e. The van der Waals surface area contributed by atoms with Gasteiger partial charge in [-0.05, 0) is 49.5 Å². The van der Waals surface area contributed by atoms with Crippen LogP contribution in [0.3, 0.4) is 0 Å². The summed E-state index contributed by atoms with van der Waals surface area (Å²) in [6.07, 6.45) is 8.08. The van der Waals surface area contributed by atoms with E-state index in [0.717, 1.165) is 57.7 Å². The zero-order valence-electron chi connectivity index (χ0n) is 16.9. The molecule has 4 rings (SSSR count). The molecule has 29 heavy (non-hydrogen) atoms. The number of benzene rings is 1. The van der Waals surface area contributed by atoms with E-state index in [4.69, 9.17) is 4.74 Å². The van der Waals surface area contributed by atoms with E-state index in [1.54, 1.807) is 0 Å². The standard InChI is InChI=1S/C23H31N3O3/c27-22(16-26-14-18-4-1-2-5-19(18)15-26)13-24-23(28)17-6-3-7-21(12-17)25-20-8-10-29-11-9-20/h1,3-4,6-7,12,20,22,25,27H,2,5,8-11,13-16H2,(H,24,28)/t22-/m1/s1. The molecule has 0 bridgehead atoms. The molecule has 0 spiro atoms. The van der Waals surface area contributed by atoms with Crippen molar-refractivity contribution < 1.29 is 14.6 Å². The summed E-state index contributed by atoms with van der Waals surface area (Å²) in [4.78, 5) is 14.8. The lowest BCUT2D eigenvalue weighted by molar-refractivity contribution is 0.0880. The van der Waals surface area contributed by atoms with Crippen LogP contribution in [0, 0.1) is 0 Å². The summed E-state index contributed by atoms with van der Waals surface area (Å²) in [7, 11) is 0. The second kappa shape index (κ2) is 9.57. The number of carbonyl (C=O) groups excluding carboxylic acids is 1. The summed E-state index contributed by atoms with van der Waals surface area (Å²) < 4.78 is 5.39. The number of nitrogens with one attached hydrogen (secondary N) is 2. The quantitative estimate of drug-likeness (QED) is 0.659. The highest BCUT2D eigenvalue weighted by atomic mass is 16.5. The van der Waals surface area contributed by atoms with Crippen molar-refractivity contribution in [2.24, 2.45) is 0 Å². The van der Waals surface area contributed by atoms with Crippen molar-refractivity contribution in [2.45, 2.75) is 37.8 Å². The normalized spacial score (nSPS) is 21.1. The number of ether oxygens (including phenoxy) is 1. The maximum absolute atomic E-state index is 12.5. The van der Waals surface area contributed by atoms with Crippen LogP contribution in [0.1, 0.15) is 36.0 Å². The zero-order valence-corrected chi connectivity index (χ0v) is 16.9. The van der Waals surface area contributed by atoms with E-state index in [2.05, 4.69) is 27.7 Å². The molecule has 6 nitrogen and oxygen atoms in total. The van der Waals surface area contributed by atoms with Crippen LogP contribution in [0.4, 0.5) is 5.69 Å². The van der Waals surface area contributed by atoms with Gasteiger partial charge in [0, 0.05) is 56.7 Å². The fourth-order valence-corrected chi connectivity index (χ4v) is 4.31. The molecule has 1 saturated heterocycles. The first kappa shape index (κ1) is 20.1. The third-order valence-electron chi connectivity index (χ3n) is 5.88. The van der Waals surface area contributed by atoms with Crippen LogP contribution < -0.4 is 10.6 Å². The van der Waals surface area contributed by atoms with Gasteiger partial charge in [0.05, 0.1) is 6.10 Å². The SMILES string of the molecule is O=C(NC[C@@H](O)CN1CC2=C(CCC=C2)C1)c1cccc(NC2CCOCC2)c1. The van der Waals surface area contributed by atoms with Crippen LogP contribution >= 0.6 is 0 Å². The van der Waals surface area contributed by atoms with E-state index in [9.17, 15) is 9.90 Å². The molecule has 1 atom stereocenters. The number of β-amino-alcohol motifs (C(OH)–C–C–N with tert-alkyl or cyclic N) is 1. The van der Waals surface area contributed by atoms with E-state index in [1.807, 2.05) is 24.3 Å². The Morgan fingerprint density at radius 2 is 2.14 bits per heavy atom. The predicted octanol–water partition coefficient (Wildman–Crippen LogP) is 2.33. The number of rotatable bonds is 7. The Labute approximate surface area is 172 Å². The summed E-state index contributed by atoms with van der Waals surface area (Å²) in [5, 5.41) is 16.8. The molecule has 1 aromatic rings. The number of amides is 1. The van der Waals surface area contributed by atoms with Gasteiger partial charge in [0.25, 0.3) is 5.91 Å². The van der Waals surface area contributed by atoms with Gasteiger partial charge in [0.1, 0.15) is 0 Å². The maximum atomic E-state index is 12.5. The molecule has 3 aliphatic rings. The molecule has 156 valence electrons. The van der Waals surface area contributed by atoms with Crippen LogP contribution in [0.15, 0.2) is 47.6 Å². The topological polar surface area (TPSA) is 73.8 Å². The molecule has 1 aromatic carbocycles. The second-order valence-electron chi connectivity index (χ2n) is 8.22. The molecule has 0 saturated carbocycles. The summed E-state index contributed by atoms with van der Waals surface area (Å²) >= 11 is 0. The smallest absolute Gasteiger partial charge is 0.251 e. The number of carbonyl (C=O) groups is 1. The third-order valence-corrected chi connectivity index (χ3v) is 5.88. The van der Waals surface area contributed by atoms with Crippen molar-refractivity contribution in [1.82, 2.24) is 10.2 Å². The lowest BCUT2D eigenvalue weighted by atomic mass is 10.0. The fraction of sp³-hybridized carbons (Fsp3) is 0.522. The highest BCUT2D eigenvalue weighted by Gasteiger charge is 2.23. The Morgan fingerprint density at radius 1 is 1.28 bits per heavy atom. The molecule has 2 aliphatic heterocycles. The summed E-state index contributed by atoms with van der Waals surface area (Å²) in [6.45, 7) is 4.23. The first-order valence-corrected chi connectivity index (χ1v) is 10.7. The highest BCUT2D eigenvalue weighted by molar-refractivity contribution is 5.95. The van der Waals surface area contributed by atoms with E-state index in [0.29, 0.717) is 18.2 Å². The number of aliphatic hydroxyl groups is 1. The Hall–Kier alpha value is -2.15. The predicted molar refractivity (Wildman–Crippen MR) is 114 cm³/mol. The number of nitrogens with zero attached hydrogens (tertiary/aromatic N) is 1. The molecule has 1 aliphatic carbocycles. The number of anilines is 1. The van der Waals surface area contributed by atoms with E-state index >= 15 is 0 Å². The lowest BCUT2D eigenvalue weighted by Gasteiger charge is -2.24. The number of hydrogen-bond donors (Lipinski definition) is 3. The first-order chi connectivity index (χ1) is 14.2. The Balaban J connectivity index is 1.23. The largest absolute Gasteiger partial charge is 0.390 e. The molecular weight excluding hydrogens is 366 g/mol. The van der Waals surface area contributed by atoms with Crippen molar-refractivity contribution in [3.63, 3.8) is 0 Å². The van der Waals surface area contributed by atoms with Crippen LogP contribution in [0.2, 0.25) is 0 Å². The van der Waals surface area contributed by atoms with Crippen LogP contribution in [-0.2, 0) is 4.74 Å². The minimum atomic E-state index is -0.576. The fourth-order valence-electron chi connectivity index (χ4n) is 4.31. The van der Waals surface area contributed by atoms with E-state index in [-0.39, 0.29) is 12.5 Å². The molecule has 0 unspecified atom stereocenters. The van der Waals surface area contributed by atoms with Gasteiger partial charge < -0.3 is 20.5 Å². The minimum absolute atomic E-state index is 0.151. The summed E-state index contributed by atoms with van der Waals surface area (Å²) in [5.74, 6) is -0.151. The number of hydrogen-bond acceptors (Lipinski definition) is 5. The molecule has 0 aromatic heterocycles. The molecule has 2 heterocycles. The van der Waals surface area contributed by atoms with Crippen LogP contribution in [0.5, 0.6) is 0 Å². The molecule has 1 amide bonds. The van der Waals surface area contributed by atoms with Crippen molar-refractivity contribution >= 4 is 11.6 Å². The lowest BCUT2D eigenvalue weighted by Crippen LogP contribution is -2.39. The average Bonchev–Trinajstić information content (AvgIpc) is 3.15. The first-order valence-electron chi connectivity index (χ1n) is 10.7. The summed E-state index contributed by atoms with van der Waals surface area (Å²) in [6, 6.07) is 7.95. The maximum Gasteiger partial charge on any atom is 0.251 e. The Bertz CT molecular complexity index is 783. The van der Waals surface area contributed by atoms with Crippen molar-refractivity contribution in [2.75, 3.05) is 44.7 Å². The Morgan fingerprint density at radius 3 is 2.97 bits per heavy atom. The molecular formula is C23H31N3O3. The van der Waals surface area contributed by atoms with Crippen molar-refractivity contribution in [3.8, 4) is 0 Å².